The van der Waals surface area contributed by atoms with E-state index in [9.17, 15) is 17.2 Å². The zero-order valence-electron chi connectivity index (χ0n) is 11.1. The van der Waals surface area contributed by atoms with E-state index in [4.69, 9.17) is 5.14 Å². The Morgan fingerprint density at radius 1 is 1.20 bits per heavy atom. The molecule has 0 saturated carbocycles. The summed E-state index contributed by atoms with van der Waals surface area (Å²) >= 11 is 0. The monoisotopic (exact) mass is 308 g/mol. The number of nitrogens with one attached hydrogen (secondary N) is 2. The van der Waals surface area contributed by atoms with Crippen molar-refractivity contribution in [1.82, 2.24) is 4.98 Å². The van der Waals surface area contributed by atoms with Gasteiger partial charge in [0.2, 0.25) is 10.0 Å². The molecule has 9 heteroatoms. The van der Waals surface area contributed by atoms with Gasteiger partial charge in [-0.05, 0) is 12.8 Å². The Labute approximate surface area is 116 Å². The minimum absolute atomic E-state index is 0.0396. The number of pyridine rings is 1. The van der Waals surface area contributed by atoms with Crippen LogP contribution in [0.1, 0.15) is 19.8 Å². The highest BCUT2D eigenvalue weighted by Gasteiger charge is 2.11. The number of nitrogens with two attached hydrogens (primary N) is 1. The first-order chi connectivity index (χ1) is 9.33. The van der Waals surface area contributed by atoms with Crippen LogP contribution >= 0.6 is 0 Å². The molecule has 1 rings (SSSR count). The predicted octanol–water partition coefficient (Wildman–Crippen LogP) is 1.27. The van der Waals surface area contributed by atoms with Gasteiger partial charge in [-0.15, -0.1) is 0 Å². The minimum atomic E-state index is -3.54. The topological polar surface area (TPSA) is 97.1 Å². The number of hydrogen-bond donors (Lipinski definition) is 3. The van der Waals surface area contributed by atoms with Gasteiger partial charge >= 0.3 is 0 Å². The summed E-state index contributed by atoms with van der Waals surface area (Å²) in [6, 6.07) is 0.729. The lowest BCUT2D eigenvalue weighted by atomic mass is 10.3. The average Bonchev–Trinajstić information content (AvgIpc) is 2.34. The standard InChI is InChI=1S/C11H18F2N4O2S/c1-2-4-15-10-8(12)7-9(13)11(17-10)16-5-3-6-20(14,18)19/h7H,2-6H2,1H3,(H2,14,18,19)(H2,15,16,17). The van der Waals surface area contributed by atoms with Crippen molar-refractivity contribution in [1.29, 1.82) is 0 Å². The Kier molecular flexibility index (Phi) is 6.08. The molecule has 0 amide bonds. The van der Waals surface area contributed by atoms with Crippen molar-refractivity contribution in [2.75, 3.05) is 29.5 Å². The Bertz CT molecular complexity index is 552. The van der Waals surface area contributed by atoms with Gasteiger partial charge in [0.15, 0.2) is 23.3 Å². The predicted molar refractivity (Wildman–Crippen MR) is 74.0 cm³/mol. The molecule has 0 aliphatic heterocycles. The molecule has 0 aliphatic carbocycles. The van der Waals surface area contributed by atoms with Crippen LogP contribution in [0.5, 0.6) is 0 Å². The largest absolute Gasteiger partial charge is 0.368 e. The molecular formula is C11H18F2N4O2S. The van der Waals surface area contributed by atoms with E-state index < -0.39 is 21.7 Å². The quantitative estimate of drug-likeness (QED) is 0.628. The first-order valence-electron chi connectivity index (χ1n) is 6.17. The first kappa shape index (κ1) is 16.6. The minimum Gasteiger partial charge on any atom is -0.368 e. The summed E-state index contributed by atoms with van der Waals surface area (Å²) in [5.41, 5.74) is 0. The molecule has 0 bridgehead atoms. The van der Waals surface area contributed by atoms with Crippen molar-refractivity contribution in [3.05, 3.63) is 17.7 Å². The number of hydrogen-bond acceptors (Lipinski definition) is 5. The summed E-state index contributed by atoms with van der Waals surface area (Å²) in [6.07, 6.45) is 0.977. The van der Waals surface area contributed by atoms with Crippen molar-refractivity contribution < 1.29 is 17.2 Å². The Hall–Kier alpha value is -1.48. The molecule has 114 valence electrons. The van der Waals surface area contributed by atoms with Crippen molar-refractivity contribution >= 4 is 21.7 Å². The van der Waals surface area contributed by atoms with Crippen molar-refractivity contribution in [3.8, 4) is 0 Å². The van der Waals surface area contributed by atoms with E-state index in [0.29, 0.717) is 6.54 Å². The molecule has 0 atom stereocenters. The van der Waals surface area contributed by atoms with Gasteiger partial charge in [0.05, 0.1) is 5.75 Å². The maximum Gasteiger partial charge on any atom is 0.209 e. The molecule has 0 aromatic carbocycles. The van der Waals surface area contributed by atoms with Gasteiger partial charge in [-0.3, -0.25) is 0 Å². The number of rotatable bonds is 8. The molecule has 1 heterocycles. The van der Waals surface area contributed by atoms with Gasteiger partial charge in [-0.1, -0.05) is 6.92 Å². The van der Waals surface area contributed by atoms with Crippen LogP contribution in [0.4, 0.5) is 20.4 Å². The van der Waals surface area contributed by atoms with Gasteiger partial charge in [-0.25, -0.2) is 27.3 Å². The summed E-state index contributed by atoms with van der Waals surface area (Å²) < 4.78 is 48.3. The van der Waals surface area contributed by atoms with Crippen LogP contribution in [0, 0.1) is 11.6 Å². The van der Waals surface area contributed by atoms with E-state index >= 15 is 0 Å². The molecular weight excluding hydrogens is 290 g/mol. The van der Waals surface area contributed by atoms with Crippen molar-refractivity contribution in [2.24, 2.45) is 5.14 Å². The molecule has 1 aromatic rings. The van der Waals surface area contributed by atoms with Gasteiger partial charge < -0.3 is 10.6 Å². The molecule has 0 fully saturated rings. The number of halogens is 2. The van der Waals surface area contributed by atoms with Crippen LogP contribution in [0.3, 0.4) is 0 Å². The molecule has 0 saturated heterocycles. The van der Waals surface area contributed by atoms with E-state index in [0.717, 1.165) is 12.5 Å². The van der Waals surface area contributed by atoms with E-state index in [1.807, 2.05) is 6.92 Å². The van der Waals surface area contributed by atoms with Crippen LogP contribution in [-0.2, 0) is 10.0 Å². The van der Waals surface area contributed by atoms with Gasteiger partial charge in [0, 0.05) is 19.2 Å². The smallest absolute Gasteiger partial charge is 0.209 e. The third kappa shape index (κ3) is 5.66. The molecule has 0 spiro atoms. The Balaban J connectivity index is 2.64. The number of anilines is 2. The van der Waals surface area contributed by atoms with Crippen LogP contribution < -0.4 is 15.8 Å². The zero-order chi connectivity index (χ0) is 15.2. The zero-order valence-corrected chi connectivity index (χ0v) is 11.9. The molecule has 20 heavy (non-hydrogen) atoms. The maximum absolute atomic E-state index is 13.5. The van der Waals surface area contributed by atoms with E-state index in [1.54, 1.807) is 0 Å². The summed E-state index contributed by atoms with van der Waals surface area (Å²) in [6.45, 7) is 2.58. The number of aromatic nitrogens is 1. The van der Waals surface area contributed by atoms with Crippen LogP contribution in [-0.4, -0.2) is 32.2 Å². The second-order valence-corrected chi connectivity index (χ2v) is 5.96. The Morgan fingerprint density at radius 2 is 1.75 bits per heavy atom. The first-order valence-corrected chi connectivity index (χ1v) is 7.89. The number of primary sulfonamides is 1. The SMILES string of the molecule is CCCNc1nc(NCCCS(N)(=O)=O)c(F)cc1F. The highest BCUT2D eigenvalue weighted by atomic mass is 32.2. The fourth-order valence-electron chi connectivity index (χ4n) is 1.44. The maximum atomic E-state index is 13.5. The lowest BCUT2D eigenvalue weighted by Gasteiger charge is -2.10. The second-order valence-electron chi connectivity index (χ2n) is 4.22. The summed E-state index contributed by atoms with van der Waals surface area (Å²) in [5, 5.41) is 10.2. The molecule has 0 aliphatic rings. The van der Waals surface area contributed by atoms with Crippen LogP contribution in [0.25, 0.3) is 0 Å². The summed E-state index contributed by atoms with van der Waals surface area (Å²) in [7, 11) is -3.54. The fraction of sp³-hybridized carbons (Fsp3) is 0.545. The molecule has 0 unspecified atom stereocenters. The van der Waals surface area contributed by atoms with Gasteiger partial charge in [0.25, 0.3) is 0 Å². The normalized spacial score (nSPS) is 11.4. The lowest BCUT2D eigenvalue weighted by Crippen LogP contribution is -2.19. The molecule has 4 N–H and O–H groups in total. The van der Waals surface area contributed by atoms with E-state index in [-0.39, 0.29) is 30.4 Å². The van der Waals surface area contributed by atoms with Gasteiger partial charge in [-0.2, -0.15) is 0 Å². The second kappa shape index (κ2) is 7.34. The fourth-order valence-corrected chi connectivity index (χ4v) is 1.98. The third-order valence-corrected chi connectivity index (χ3v) is 3.23. The highest BCUT2D eigenvalue weighted by Crippen LogP contribution is 2.18. The van der Waals surface area contributed by atoms with Crippen molar-refractivity contribution in [2.45, 2.75) is 19.8 Å². The third-order valence-electron chi connectivity index (χ3n) is 2.37. The van der Waals surface area contributed by atoms with Crippen molar-refractivity contribution in [3.63, 3.8) is 0 Å². The van der Waals surface area contributed by atoms with Gasteiger partial charge in [0.1, 0.15) is 0 Å². The van der Waals surface area contributed by atoms with E-state index in [1.165, 1.54) is 0 Å². The molecule has 0 radical (unpaired) electrons. The molecule has 1 aromatic heterocycles. The van der Waals surface area contributed by atoms with Crippen LogP contribution in [0.15, 0.2) is 6.07 Å². The lowest BCUT2D eigenvalue weighted by molar-refractivity contribution is 0.577. The van der Waals surface area contributed by atoms with Crippen LogP contribution in [0.2, 0.25) is 0 Å². The average molecular weight is 308 g/mol. The number of nitrogens with zero attached hydrogens (tertiary/aromatic N) is 1. The highest BCUT2D eigenvalue weighted by molar-refractivity contribution is 7.89. The summed E-state index contributed by atoms with van der Waals surface area (Å²) in [5.74, 6) is -1.99. The number of sulfonamides is 1. The summed E-state index contributed by atoms with van der Waals surface area (Å²) in [4.78, 5) is 3.79. The van der Waals surface area contributed by atoms with E-state index in [2.05, 4.69) is 15.6 Å². The molecule has 6 nitrogen and oxygen atoms in total. The Morgan fingerprint density at radius 3 is 2.25 bits per heavy atom.